The smallest absolute Gasteiger partial charge is 0.243 e. The highest BCUT2D eigenvalue weighted by atomic mass is 35.5. The van der Waals surface area contributed by atoms with Crippen LogP contribution in [0.2, 0.25) is 5.02 Å². The third-order valence-electron chi connectivity index (χ3n) is 5.18. The van der Waals surface area contributed by atoms with Crippen LogP contribution in [0.5, 0.6) is 5.75 Å². The summed E-state index contributed by atoms with van der Waals surface area (Å²) < 4.78 is 19.0. The fourth-order valence-corrected chi connectivity index (χ4v) is 3.64. The number of carbonyl (C=O) groups excluding carboxylic acids is 2. The van der Waals surface area contributed by atoms with Gasteiger partial charge < -0.3 is 9.64 Å². The average Bonchev–Trinajstić information content (AvgIpc) is 3.19. The Morgan fingerprint density at radius 1 is 1.06 bits per heavy atom. The molecule has 0 spiro atoms. The molecule has 1 fully saturated rings. The van der Waals surface area contributed by atoms with Crippen molar-refractivity contribution in [3.05, 3.63) is 89.2 Å². The summed E-state index contributed by atoms with van der Waals surface area (Å²) in [6.45, 7) is 0.499. The third-order valence-corrected chi connectivity index (χ3v) is 5.55. The van der Waals surface area contributed by atoms with Crippen molar-refractivity contribution in [3.8, 4) is 5.75 Å². The first kappa shape index (κ1) is 21.6. The molecule has 6 nitrogen and oxygen atoms in total. The minimum atomic E-state index is -0.531. The molecule has 3 aromatic carbocycles. The fraction of sp³-hybridized carbons (Fsp3) is 0.167. The molecule has 1 atom stereocenters. The minimum Gasteiger partial charge on any atom is -0.487 e. The number of hydrazine groups is 1. The zero-order valence-corrected chi connectivity index (χ0v) is 17.8. The first-order valence-corrected chi connectivity index (χ1v) is 10.5. The minimum absolute atomic E-state index is 0.0789. The normalized spacial score (nSPS) is 15.5. The predicted octanol–water partition coefficient (Wildman–Crippen LogP) is 4.55. The molecule has 0 unspecified atom stereocenters. The molecule has 1 aliphatic rings. The van der Waals surface area contributed by atoms with E-state index in [9.17, 15) is 14.0 Å². The average molecular weight is 454 g/mol. The van der Waals surface area contributed by atoms with Gasteiger partial charge in [-0.05, 0) is 42.5 Å². The molecule has 0 bridgehead atoms. The van der Waals surface area contributed by atoms with Gasteiger partial charge in [-0.3, -0.25) is 20.4 Å². The second-order valence-corrected chi connectivity index (χ2v) is 7.78. The van der Waals surface area contributed by atoms with Crippen LogP contribution in [-0.4, -0.2) is 18.4 Å². The lowest BCUT2D eigenvalue weighted by molar-refractivity contribution is -0.125. The molecule has 2 N–H and O–H groups in total. The van der Waals surface area contributed by atoms with Crippen LogP contribution in [0.25, 0.3) is 0 Å². The first-order chi connectivity index (χ1) is 15.5. The zero-order chi connectivity index (χ0) is 22.5. The van der Waals surface area contributed by atoms with Crippen LogP contribution >= 0.6 is 11.6 Å². The van der Waals surface area contributed by atoms with Gasteiger partial charge in [-0.15, -0.1) is 0 Å². The standard InChI is InChI=1S/C24H21ClFN3O3/c25-20-6-2-1-5-16(20)15-32-22-8-4-3-7-21(22)27-28-24(31)17-13-23(30)29(14-17)19-11-9-18(26)10-12-19/h1-12,17,27H,13-15H2,(H,28,31)/t17-/m1/s1. The number of amides is 2. The Kier molecular flexibility index (Phi) is 6.56. The number of halogens is 2. The van der Waals surface area contributed by atoms with Crippen molar-refractivity contribution in [2.75, 3.05) is 16.9 Å². The summed E-state index contributed by atoms with van der Waals surface area (Å²) in [5, 5.41) is 0.614. The molecule has 1 saturated heterocycles. The van der Waals surface area contributed by atoms with E-state index in [4.69, 9.17) is 16.3 Å². The van der Waals surface area contributed by atoms with Crippen LogP contribution in [0.1, 0.15) is 12.0 Å². The summed E-state index contributed by atoms with van der Waals surface area (Å²) in [4.78, 5) is 26.5. The molecule has 4 rings (SSSR count). The molecule has 3 aromatic rings. The van der Waals surface area contributed by atoms with Crippen molar-refractivity contribution in [2.45, 2.75) is 13.0 Å². The van der Waals surface area contributed by atoms with Crippen molar-refractivity contribution in [1.29, 1.82) is 0 Å². The molecule has 2 amide bonds. The number of nitrogens with zero attached hydrogens (tertiary/aromatic N) is 1. The molecular weight excluding hydrogens is 433 g/mol. The number of para-hydroxylation sites is 2. The summed E-state index contributed by atoms with van der Waals surface area (Å²) >= 11 is 6.18. The third kappa shape index (κ3) is 5.00. The molecule has 164 valence electrons. The zero-order valence-electron chi connectivity index (χ0n) is 17.1. The number of ether oxygens (including phenoxy) is 1. The SMILES string of the molecule is O=C(NNc1ccccc1OCc1ccccc1Cl)[C@@H]1CC(=O)N(c2ccc(F)cc2)C1. The van der Waals surface area contributed by atoms with Crippen molar-refractivity contribution in [2.24, 2.45) is 5.92 Å². The maximum Gasteiger partial charge on any atom is 0.243 e. The van der Waals surface area contributed by atoms with Crippen molar-refractivity contribution in [3.63, 3.8) is 0 Å². The van der Waals surface area contributed by atoms with Gasteiger partial charge in [-0.1, -0.05) is 41.9 Å². The molecule has 1 aliphatic heterocycles. The van der Waals surface area contributed by atoms with Crippen LogP contribution in [-0.2, 0) is 16.2 Å². The molecule has 0 saturated carbocycles. The number of hydrogen-bond acceptors (Lipinski definition) is 4. The van der Waals surface area contributed by atoms with E-state index in [-0.39, 0.29) is 37.2 Å². The van der Waals surface area contributed by atoms with E-state index in [1.54, 1.807) is 18.2 Å². The number of benzene rings is 3. The monoisotopic (exact) mass is 453 g/mol. The maximum absolute atomic E-state index is 13.1. The van der Waals surface area contributed by atoms with E-state index in [1.807, 2.05) is 30.3 Å². The highest BCUT2D eigenvalue weighted by molar-refractivity contribution is 6.31. The van der Waals surface area contributed by atoms with E-state index < -0.39 is 5.92 Å². The first-order valence-electron chi connectivity index (χ1n) is 10.1. The number of anilines is 2. The Bertz CT molecular complexity index is 1120. The number of nitrogens with one attached hydrogen (secondary N) is 2. The molecular formula is C24H21ClFN3O3. The van der Waals surface area contributed by atoms with Gasteiger partial charge in [-0.2, -0.15) is 0 Å². The van der Waals surface area contributed by atoms with E-state index in [1.165, 1.54) is 29.2 Å². The van der Waals surface area contributed by atoms with Gasteiger partial charge in [0.2, 0.25) is 11.8 Å². The van der Waals surface area contributed by atoms with Crippen LogP contribution < -0.4 is 20.5 Å². The fourth-order valence-electron chi connectivity index (χ4n) is 3.45. The van der Waals surface area contributed by atoms with Crippen LogP contribution in [0.3, 0.4) is 0 Å². The lowest BCUT2D eigenvalue weighted by atomic mass is 10.1. The summed E-state index contributed by atoms with van der Waals surface area (Å²) in [6, 6.07) is 20.2. The van der Waals surface area contributed by atoms with E-state index in [0.29, 0.717) is 22.1 Å². The number of carbonyl (C=O) groups is 2. The van der Waals surface area contributed by atoms with Crippen LogP contribution in [0, 0.1) is 11.7 Å². The quantitative estimate of drug-likeness (QED) is 0.515. The summed E-state index contributed by atoms with van der Waals surface area (Å²) in [6.07, 6.45) is 0.0789. The Morgan fingerprint density at radius 2 is 1.78 bits per heavy atom. The maximum atomic E-state index is 13.1. The van der Waals surface area contributed by atoms with Gasteiger partial charge in [-0.25, -0.2) is 4.39 Å². The molecule has 32 heavy (non-hydrogen) atoms. The van der Waals surface area contributed by atoms with Crippen LogP contribution in [0.15, 0.2) is 72.8 Å². The molecule has 8 heteroatoms. The van der Waals surface area contributed by atoms with Gasteiger partial charge in [0.15, 0.2) is 0 Å². The van der Waals surface area contributed by atoms with Crippen molar-refractivity contribution >= 4 is 34.8 Å². The van der Waals surface area contributed by atoms with Crippen molar-refractivity contribution in [1.82, 2.24) is 5.43 Å². The highest BCUT2D eigenvalue weighted by Gasteiger charge is 2.35. The lowest BCUT2D eigenvalue weighted by Crippen LogP contribution is -2.36. The number of rotatable bonds is 7. The molecule has 1 heterocycles. The van der Waals surface area contributed by atoms with E-state index in [0.717, 1.165) is 5.56 Å². The van der Waals surface area contributed by atoms with Gasteiger partial charge in [0.1, 0.15) is 18.2 Å². The van der Waals surface area contributed by atoms with Gasteiger partial charge >= 0.3 is 0 Å². The summed E-state index contributed by atoms with van der Waals surface area (Å²) in [5.41, 5.74) is 7.53. The summed E-state index contributed by atoms with van der Waals surface area (Å²) in [5.74, 6) is -0.863. The Hall–Kier alpha value is -3.58. The number of hydrogen-bond donors (Lipinski definition) is 2. The van der Waals surface area contributed by atoms with Crippen molar-refractivity contribution < 1.29 is 18.7 Å². The van der Waals surface area contributed by atoms with Gasteiger partial charge in [0.05, 0.1) is 11.6 Å². The molecule has 0 radical (unpaired) electrons. The van der Waals surface area contributed by atoms with Crippen LogP contribution in [0.4, 0.5) is 15.8 Å². The lowest BCUT2D eigenvalue weighted by Gasteiger charge is -2.18. The van der Waals surface area contributed by atoms with E-state index >= 15 is 0 Å². The highest BCUT2D eigenvalue weighted by Crippen LogP contribution is 2.27. The predicted molar refractivity (Wildman–Crippen MR) is 121 cm³/mol. The Labute approximate surface area is 189 Å². The Balaban J connectivity index is 1.36. The molecule has 0 aromatic heterocycles. The second-order valence-electron chi connectivity index (χ2n) is 7.37. The second kappa shape index (κ2) is 9.70. The van der Waals surface area contributed by atoms with Gasteiger partial charge in [0, 0.05) is 29.2 Å². The van der Waals surface area contributed by atoms with E-state index in [2.05, 4.69) is 10.9 Å². The Morgan fingerprint density at radius 3 is 2.56 bits per heavy atom. The molecule has 0 aliphatic carbocycles. The largest absolute Gasteiger partial charge is 0.487 e. The topological polar surface area (TPSA) is 70.7 Å². The summed E-state index contributed by atoms with van der Waals surface area (Å²) in [7, 11) is 0. The van der Waals surface area contributed by atoms with Gasteiger partial charge in [0.25, 0.3) is 0 Å².